The Morgan fingerprint density at radius 1 is 1.09 bits per heavy atom. The Kier molecular flexibility index (Phi) is 6.52. The highest BCUT2D eigenvalue weighted by Crippen LogP contribution is 2.35. The average molecular weight is 449 g/mol. The van der Waals surface area contributed by atoms with Crippen LogP contribution in [-0.2, 0) is 4.79 Å². The van der Waals surface area contributed by atoms with Crippen LogP contribution in [-0.4, -0.2) is 36.6 Å². The molecule has 0 radical (unpaired) electrons. The van der Waals surface area contributed by atoms with E-state index in [9.17, 15) is 9.59 Å². The van der Waals surface area contributed by atoms with Crippen molar-refractivity contribution in [1.82, 2.24) is 5.01 Å². The van der Waals surface area contributed by atoms with Gasteiger partial charge in [0, 0.05) is 22.6 Å². The molecule has 1 amide bonds. The Morgan fingerprint density at radius 2 is 1.88 bits per heavy atom. The monoisotopic (exact) mass is 448 g/mol. The predicted molar refractivity (Wildman–Crippen MR) is 123 cm³/mol. The van der Waals surface area contributed by atoms with Gasteiger partial charge in [0.05, 0.1) is 18.9 Å². The summed E-state index contributed by atoms with van der Waals surface area (Å²) in [5, 5.41) is 6.64. The van der Waals surface area contributed by atoms with Gasteiger partial charge in [0.2, 0.25) is 0 Å². The third kappa shape index (κ3) is 4.65. The zero-order chi connectivity index (χ0) is 22.5. The third-order valence-electron chi connectivity index (χ3n) is 5.21. The maximum atomic E-state index is 13.1. The molecule has 6 nitrogen and oxygen atoms in total. The van der Waals surface area contributed by atoms with Gasteiger partial charge >= 0.3 is 0 Å². The number of benzene rings is 3. The van der Waals surface area contributed by atoms with Gasteiger partial charge in [-0.25, -0.2) is 5.01 Å². The van der Waals surface area contributed by atoms with E-state index < -0.39 is 0 Å². The van der Waals surface area contributed by atoms with Crippen molar-refractivity contribution in [2.24, 2.45) is 5.10 Å². The molecular formula is C25H21ClN2O4. The first-order valence-electron chi connectivity index (χ1n) is 10.1. The van der Waals surface area contributed by atoms with Crippen molar-refractivity contribution >= 4 is 29.5 Å². The smallest absolute Gasteiger partial charge is 0.281 e. The highest BCUT2D eigenvalue weighted by molar-refractivity contribution is 6.34. The van der Waals surface area contributed by atoms with E-state index in [2.05, 4.69) is 5.10 Å². The fourth-order valence-corrected chi connectivity index (χ4v) is 3.82. The number of hydrogen-bond acceptors (Lipinski definition) is 5. The van der Waals surface area contributed by atoms with Crippen molar-refractivity contribution in [3.05, 3.63) is 94.5 Å². The molecule has 1 atom stereocenters. The van der Waals surface area contributed by atoms with Gasteiger partial charge < -0.3 is 9.47 Å². The summed E-state index contributed by atoms with van der Waals surface area (Å²) in [6.07, 6.45) is 1.25. The molecule has 0 aliphatic carbocycles. The topological polar surface area (TPSA) is 68.2 Å². The minimum Gasteiger partial charge on any atom is -0.497 e. The molecule has 162 valence electrons. The molecule has 3 aromatic carbocycles. The second-order valence-corrected chi connectivity index (χ2v) is 7.64. The molecule has 4 rings (SSSR count). The Balaban J connectivity index is 1.59. The number of amides is 1. The Hall–Kier alpha value is -3.64. The number of carbonyl (C=O) groups is 2. The van der Waals surface area contributed by atoms with Gasteiger partial charge in [-0.2, -0.15) is 5.10 Å². The van der Waals surface area contributed by atoms with Gasteiger partial charge in [0.25, 0.3) is 5.91 Å². The fraction of sp³-hybridized carbons (Fsp3) is 0.160. The quantitative estimate of drug-likeness (QED) is 0.481. The van der Waals surface area contributed by atoms with Crippen LogP contribution in [0, 0.1) is 0 Å². The van der Waals surface area contributed by atoms with Crippen molar-refractivity contribution < 1.29 is 19.1 Å². The van der Waals surface area contributed by atoms with Gasteiger partial charge in [-0.1, -0.05) is 54.1 Å². The predicted octanol–water partition coefficient (Wildman–Crippen LogP) is 4.92. The molecule has 0 saturated carbocycles. The van der Waals surface area contributed by atoms with Gasteiger partial charge in [-0.05, 0) is 35.9 Å². The van der Waals surface area contributed by atoms with Crippen LogP contribution >= 0.6 is 11.6 Å². The van der Waals surface area contributed by atoms with E-state index in [0.717, 1.165) is 28.9 Å². The lowest BCUT2D eigenvalue weighted by atomic mass is 9.98. The highest BCUT2D eigenvalue weighted by Gasteiger charge is 2.34. The Labute approximate surface area is 191 Å². The lowest BCUT2D eigenvalue weighted by Gasteiger charge is -2.22. The number of halogens is 1. The number of hydrazone groups is 1. The summed E-state index contributed by atoms with van der Waals surface area (Å²) in [5.74, 6) is 0.873. The van der Waals surface area contributed by atoms with E-state index in [0.29, 0.717) is 22.8 Å². The van der Waals surface area contributed by atoms with Gasteiger partial charge in [-0.3, -0.25) is 9.59 Å². The summed E-state index contributed by atoms with van der Waals surface area (Å²) in [5.41, 5.74) is 2.93. The summed E-state index contributed by atoms with van der Waals surface area (Å²) >= 11 is 6.38. The maximum absolute atomic E-state index is 13.1. The normalized spacial score (nSPS) is 15.2. The number of ether oxygens (including phenoxy) is 2. The maximum Gasteiger partial charge on any atom is 0.281 e. The number of methoxy groups -OCH3 is 1. The van der Waals surface area contributed by atoms with Crippen molar-refractivity contribution in [3.8, 4) is 11.5 Å². The molecule has 1 heterocycles. The van der Waals surface area contributed by atoms with Crippen LogP contribution in [0.25, 0.3) is 0 Å². The molecule has 1 aliphatic heterocycles. The molecule has 32 heavy (non-hydrogen) atoms. The second-order valence-electron chi connectivity index (χ2n) is 7.24. The largest absolute Gasteiger partial charge is 0.497 e. The van der Waals surface area contributed by atoms with E-state index in [1.165, 1.54) is 5.01 Å². The first-order chi connectivity index (χ1) is 15.6. The minimum absolute atomic E-state index is 0.214. The van der Waals surface area contributed by atoms with Crippen LogP contribution in [0.5, 0.6) is 11.5 Å². The van der Waals surface area contributed by atoms with E-state index in [1.54, 1.807) is 37.4 Å². The van der Waals surface area contributed by atoms with E-state index in [1.807, 2.05) is 42.5 Å². The number of carbonyl (C=O) groups excluding carboxylic acids is 2. The van der Waals surface area contributed by atoms with Gasteiger partial charge in [0.1, 0.15) is 17.8 Å². The number of rotatable bonds is 7. The van der Waals surface area contributed by atoms with Crippen LogP contribution in [0.1, 0.15) is 33.9 Å². The molecule has 0 saturated heterocycles. The number of hydrogen-bond donors (Lipinski definition) is 0. The van der Waals surface area contributed by atoms with E-state index >= 15 is 0 Å². The molecule has 0 spiro atoms. The molecule has 0 fully saturated rings. The van der Waals surface area contributed by atoms with E-state index in [4.69, 9.17) is 21.1 Å². The van der Waals surface area contributed by atoms with E-state index in [-0.39, 0.29) is 18.6 Å². The van der Waals surface area contributed by atoms with Gasteiger partial charge in [0.15, 0.2) is 6.61 Å². The van der Waals surface area contributed by atoms with Crippen molar-refractivity contribution in [2.45, 2.75) is 12.5 Å². The second kappa shape index (κ2) is 9.66. The van der Waals surface area contributed by atoms with Crippen LogP contribution in [0.15, 0.2) is 77.9 Å². The van der Waals surface area contributed by atoms with Crippen LogP contribution in [0.2, 0.25) is 5.02 Å². The van der Waals surface area contributed by atoms with Gasteiger partial charge in [-0.15, -0.1) is 0 Å². The lowest BCUT2D eigenvalue weighted by Crippen LogP contribution is -2.31. The van der Waals surface area contributed by atoms with Crippen LogP contribution in [0.4, 0.5) is 0 Å². The van der Waals surface area contributed by atoms with Crippen molar-refractivity contribution in [1.29, 1.82) is 0 Å². The Morgan fingerprint density at radius 3 is 2.59 bits per heavy atom. The van der Waals surface area contributed by atoms with Crippen LogP contribution in [0.3, 0.4) is 0 Å². The van der Waals surface area contributed by atoms with Crippen molar-refractivity contribution in [3.63, 3.8) is 0 Å². The average Bonchev–Trinajstić information content (AvgIpc) is 3.28. The summed E-state index contributed by atoms with van der Waals surface area (Å²) < 4.78 is 10.9. The SMILES string of the molecule is COc1ccc(C2CC(c3ccccc3Cl)=NN2C(=O)COc2cccc(C=O)c2)cc1. The molecule has 0 aromatic heterocycles. The van der Waals surface area contributed by atoms with Crippen LogP contribution < -0.4 is 9.47 Å². The molecule has 7 heteroatoms. The first kappa shape index (κ1) is 21.6. The molecule has 0 N–H and O–H groups in total. The molecule has 3 aromatic rings. The van der Waals surface area contributed by atoms with Crippen molar-refractivity contribution in [2.75, 3.05) is 13.7 Å². The zero-order valence-corrected chi connectivity index (χ0v) is 18.2. The summed E-state index contributed by atoms with van der Waals surface area (Å²) in [6, 6.07) is 21.3. The standard InChI is InChI=1S/C25H21ClN2O4/c1-31-19-11-9-18(10-12-19)24-14-23(21-7-2-3-8-22(21)26)27-28(24)25(30)16-32-20-6-4-5-17(13-20)15-29/h2-13,15,24H,14,16H2,1H3. The molecule has 1 unspecified atom stereocenters. The lowest BCUT2D eigenvalue weighted by molar-refractivity contribution is -0.135. The Bertz CT molecular complexity index is 1160. The molecular weight excluding hydrogens is 428 g/mol. The first-order valence-corrected chi connectivity index (χ1v) is 10.4. The highest BCUT2D eigenvalue weighted by atomic mass is 35.5. The molecule has 1 aliphatic rings. The summed E-state index contributed by atoms with van der Waals surface area (Å²) in [7, 11) is 1.61. The summed E-state index contributed by atoms with van der Waals surface area (Å²) in [4.78, 5) is 24.1. The number of nitrogens with zero attached hydrogens (tertiary/aromatic N) is 2. The fourth-order valence-electron chi connectivity index (χ4n) is 3.57. The minimum atomic E-state index is -0.302. The summed E-state index contributed by atoms with van der Waals surface area (Å²) in [6.45, 7) is -0.214. The third-order valence-corrected chi connectivity index (χ3v) is 5.54. The zero-order valence-electron chi connectivity index (χ0n) is 17.4. The number of aldehydes is 1. The molecule has 0 bridgehead atoms.